The van der Waals surface area contributed by atoms with Gasteiger partial charge >= 0.3 is 12.3 Å². The number of alkyl halides is 3. The summed E-state index contributed by atoms with van der Waals surface area (Å²) in [6.45, 7) is 2.18. The molecular weight excluding hydrogens is 505 g/mol. The van der Waals surface area contributed by atoms with Crippen molar-refractivity contribution in [1.29, 1.82) is 0 Å². The van der Waals surface area contributed by atoms with Gasteiger partial charge in [-0.1, -0.05) is 23.4 Å². The Morgan fingerprint density at radius 3 is 2.48 bits per heavy atom. The van der Waals surface area contributed by atoms with Crippen molar-refractivity contribution in [3.05, 3.63) is 63.6 Å². The number of carbonyl (C=O) groups excluding carboxylic acids is 1. The lowest BCUT2D eigenvalue weighted by atomic mass is 9.85. The highest BCUT2D eigenvalue weighted by Gasteiger charge is 2.42. The van der Waals surface area contributed by atoms with Crippen molar-refractivity contribution < 1.29 is 32.3 Å². The van der Waals surface area contributed by atoms with E-state index in [1.165, 1.54) is 13.2 Å². The molecule has 0 radical (unpaired) electrons. The monoisotopic (exact) mass is 526 g/mol. The summed E-state index contributed by atoms with van der Waals surface area (Å²) < 4.78 is 46.3. The topological polar surface area (TPSA) is 60.4 Å². The number of oxime groups is 1. The van der Waals surface area contributed by atoms with E-state index >= 15 is 0 Å². The first-order valence-corrected chi connectivity index (χ1v) is 11.2. The third-order valence-corrected chi connectivity index (χ3v) is 6.49. The summed E-state index contributed by atoms with van der Waals surface area (Å²) in [6.07, 6.45) is -2.46. The minimum atomic E-state index is -4.73. The molecule has 2 aromatic rings. The molecule has 0 atom stereocenters. The van der Waals surface area contributed by atoms with Crippen molar-refractivity contribution in [3.63, 3.8) is 0 Å². The molecule has 176 valence electrons. The van der Waals surface area contributed by atoms with Crippen molar-refractivity contribution in [1.82, 2.24) is 4.90 Å². The molecule has 0 bridgehead atoms. The molecule has 0 unspecified atom stereocenters. The number of likely N-dealkylation sites (tertiary alicyclic amines) is 1. The molecule has 33 heavy (non-hydrogen) atoms. The predicted octanol–water partition coefficient (Wildman–Crippen LogP) is 5.29. The summed E-state index contributed by atoms with van der Waals surface area (Å²) in [5.41, 5.74) is 2.78. The van der Waals surface area contributed by atoms with Crippen LogP contribution >= 0.6 is 15.9 Å². The van der Waals surface area contributed by atoms with Crippen molar-refractivity contribution in [2.45, 2.75) is 37.8 Å². The number of benzene rings is 2. The van der Waals surface area contributed by atoms with E-state index in [1.807, 2.05) is 12.1 Å². The highest BCUT2D eigenvalue weighted by molar-refractivity contribution is 9.10. The lowest BCUT2D eigenvalue weighted by Gasteiger charge is -2.37. The maximum Gasteiger partial charge on any atom is 0.573 e. The number of methoxy groups -OCH3 is 1. The van der Waals surface area contributed by atoms with Gasteiger partial charge in [0.2, 0.25) is 0 Å². The second-order valence-electron chi connectivity index (χ2n) is 8.15. The first-order chi connectivity index (χ1) is 15.7. The number of piperidine rings is 1. The van der Waals surface area contributed by atoms with Gasteiger partial charge in [-0.15, -0.1) is 13.2 Å². The highest BCUT2D eigenvalue weighted by atomic mass is 79.9. The van der Waals surface area contributed by atoms with E-state index in [1.54, 1.807) is 24.3 Å². The zero-order valence-electron chi connectivity index (χ0n) is 17.8. The zero-order chi connectivity index (χ0) is 23.6. The van der Waals surface area contributed by atoms with Crippen LogP contribution in [0.5, 0.6) is 5.75 Å². The van der Waals surface area contributed by atoms with Crippen LogP contribution in [0.25, 0.3) is 0 Å². The summed E-state index contributed by atoms with van der Waals surface area (Å²) in [5, 5.41) is 4.31. The molecule has 2 aliphatic rings. The number of nitrogens with zero attached hydrogens (tertiary/aromatic N) is 2. The largest absolute Gasteiger partial charge is 0.573 e. The number of halogens is 4. The SMILES string of the molecule is COC(=O)c1ccc(C2=NOC3(CCN(Cc4ccc(OC(F)(F)F)c(Br)c4)CC3)C2)cc1. The molecule has 1 spiro atoms. The van der Waals surface area contributed by atoms with E-state index in [2.05, 4.69) is 30.7 Å². The number of esters is 1. The standard InChI is InChI=1S/C23H22BrF3N2O4/c1-31-21(30)17-5-3-16(4-6-17)19-13-22(33-28-19)8-10-29(11-9-22)14-15-2-7-20(18(24)12-15)32-23(25,26)27/h2-7,12H,8-11,13-14H2,1H3. The van der Waals surface area contributed by atoms with Gasteiger partial charge in [-0.3, -0.25) is 4.90 Å². The quantitative estimate of drug-likeness (QED) is 0.495. The first-order valence-electron chi connectivity index (χ1n) is 10.4. The third kappa shape index (κ3) is 5.67. The Bertz CT molecular complexity index is 1050. The van der Waals surface area contributed by atoms with E-state index in [4.69, 9.17) is 9.57 Å². The minimum absolute atomic E-state index is 0.257. The molecule has 1 fully saturated rings. The average molecular weight is 527 g/mol. The number of hydrogen-bond acceptors (Lipinski definition) is 6. The van der Waals surface area contributed by atoms with Crippen LogP contribution in [0.4, 0.5) is 13.2 Å². The van der Waals surface area contributed by atoms with Crippen LogP contribution in [0.3, 0.4) is 0 Å². The molecule has 0 amide bonds. The number of hydrogen-bond donors (Lipinski definition) is 0. The summed E-state index contributed by atoms with van der Waals surface area (Å²) in [5.74, 6) is -0.642. The van der Waals surface area contributed by atoms with Crippen molar-refractivity contribution in [2.75, 3.05) is 20.2 Å². The van der Waals surface area contributed by atoms with Crippen LogP contribution < -0.4 is 4.74 Å². The molecule has 2 aromatic carbocycles. The van der Waals surface area contributed by atoms with E-state index in [-0.39, 0.29) is 21.8 Å². The summed E-state index contributed by atoms with van der Waals surface area (Å²) >= 11 is 3.15. The van der Waals surface area contributed by atoms with Crippen molar-refractivity contribution in [2.24, 2.45) is 5.16 Å². The van der Waals surface area contributed by atoms with Crippen LogP contribution in [0.1, 0.15) is 40.7 Å². The Morgan fingerprint density at radius 2 is 1.88 bits per heavy atom. The van der Waals surface area contributed by atoms with Crippen LogP contribution in [0.2, 0.25) is 0 Å². The normalized spacial score (nSPS) is 18.0. The second kappa shape index (κ2) is 9.34. The van der Waals surface area contributed by atoms with Crippen LogP contribution in [-0.2, 0) is 16.1 Å². The fourth-order valence-electron chi connectivity index (χ4n) is 4.09. The van der Waals surface area contributed by atoms with E-state index in [9.17, 15) is 18.0 Å². The fraction of sp³-hybridized carbons (Fsp3) is 0.391. The van der Waals surface area contributed by atoms with Crippen molar-refractivity contribution in [3.8, 4) is 5.75 Å². The Hall–Kier alpha value is -2.59. The smallest absolute Gasteiger partial charge is 0.465 e. The molecule has 0 aliphatic carbocycles. The Balaban J connectivity index is 1.31. The number of rotatable bonds is 5. The predicted molar refractivity (Wildman–Crippen MR) is 118 cm³/mol. The number of carbonyl (C=O) groups is 1. The highest BCUT2D eigenvalue weighted by Crippen LogP contribution is 2.37. The second-order valence-corrected chi connectivity index (χ2v) is 9.00. The molecule has 4 rings (SSSR count). The lowest BCUT2D eigenvalue weighted by molar-refractivity contribution is -0.274. The Kier molecular flexibility index (Phi) is 6.67. The maximum absolute atomic E-state index is 12.4. The number of ether oxygens (including phenoxy) is 2. The molecule has 0 saturated carbocycles. The Morgan fingerprint density at radius 1 is 1.18 bits per heavy atom. The van der Waals surface area contributed by atoms with Crippen LogP contribution in [0, 0.1) is 0 Å². The van der Waals surface area contributed by atoms with Gasteiger partial charge in [0.1, 0.15) is 11.4 Å². The van der Waals surface area contributed by atoms with Gasteiger partial charge in [-0.25, -0.2) is 4.79 Å². The van der Waals surface area contributed by atoms with E-state index < -0.39 is 6.36 Å². The molecular formula is C23H22BrF3N2O4. The molecule has 0 N–H and O–H groups in total. The van der Waals surface area contributed by atoms with Gasteiger partial charge in [0.25, 0.3) is 0 Å². The average Bonchev–Trinajstić information content (AvgIpc) is 3.20. The maximum atomic E-state index is 12.4. The van der Waals surface area contributed by atoms with Crippen LogP contribution in [0.15, 0.2) is 52.1 Å². The van der Waals surface area contributed by atoms with Crippen molar-refractivity contribution >= 4 is 27.6 Å². The van der Waals surface area contributed by atoms with Gasteiger partial charge in [-0.2, -0.15) is 0 Å². The van der Waals surface area contributed by atoms with E-state index in [0.29, 0.717) is 18.5 Å². The fourth-order valence-corrected chi connectivity index (χ4v) is 4.60. The van der Waals surface area contributed by atoms with Gasteiger partial charge < -0.3 is 14.3 Å². The van der Waals surface area contributed by atoms with Gasteiger partial charge in [-0.05, 0) is 51.3 Å². The van der Waals surface area contributed by atoms with Gasteiger partial charge in [0.15, 0.2) is 0 Å². The lowest BCUT2D eigenvalue weighted by Crippen LogP contribution is -2.44. The third-order valence-electron chi connectivity index (χ3n) is 5.87. The molecule has 2 heterocycles. The van der Waals surface area contributed by atoms with Gasteiger partial charge in [0, 0.05) is 38.9 Å². The first kappa shape index (κ1) is 23.6. The summed E-state index contributed by atoms with van der Waals surface area (Å²) in [7, 11) is 1.34. The molecule has 6 nitrogen and oxygen atoms in total. The molecule has 2 aliphatic heterocycles. The Labute approximate surface area is 197 Å². The van der Waals surface area contributed by atoms with Gasteiger partial charge in [0.05, 0.1) is 22.9 Å². The summed E-state index contributed by atoms with van der Waals surface area (Å²) in [6, 6.07) is 11.7. The van der Waals surface area contributed by atoms with Crippen LogP contribution in [-0.4, -0.2) is 48.7 Å². The minimum Gasteiger partial charge on any atom is -0.465 e. The molecule has 1 saturated heterocycles. The van der Waals surface area contributed by atoms with E-state index in [0.717, 1.165) is 42.8 Å². The zero-order valence-corrected chi connectivity index (χ0v) is 19.4. The molecule has 0 aromatic heterocycles. The molecule has 10 heteroatoms. The summed E-state index contributed by atoms with van der Waals surface area (Å²) in [4.78, 5) is 19.7.